The van der Waals surface area contributed by atoms with Gasteiger partial charge in [-0.3, -0.25) is 0 Å². The summed E-state index contributed by atoms with van der Waals surface area (Å²) in [5.41, 5.74) is 4.72. The van der Waals surface area contributed by atoms with Crippen molar-refractivity contribution in [3.05, 3.63) is 59.2 Å². The molecule has 0 aromatic heterocycles. The van der Waals surface area contributed by atoms with Gasteiger partial charge in [-0.25, -0.2) is 8.42 Å². The first-order chi connectivity index (χ1) is 9.94. The average Bonchev–Trinajstić information content (AvgIpc) is 2.47. The molecule has 2 aromatic rings. The quantitative estimate of drug-likeness (QED) is 0.916. The van der Waals surface area contributed by atoms with E-state index in [0.29, 0.717) is 4.90 Å². The third-order valence-electron chi connectivity index (χ3n) is 3.71. The molecular weight excluding hydrogens is 282 g/mol. The zero-order valence-corrected chi connectivity index (χ0v) is 13.5. The number of hydrogen-bond acceptors (Lipinski definition) is 3. The van der Waals surface area contributed by atoms with Crippen molar-refractivity contribution >= 4 is 15.5 Å². The Morgan fingerprint density at radius 1 is 0.952 bits per heavy atom. The standard InChI is InChI=1S/C17H21NO2S/c1-4-21(19,20)16-10-8-15(9-11-16)18-12-17-13(2)6-5-7-14(17)3/h5-11,18H,4,12H2,1-3H3. The molecular formula is C17H21NO2S. The van der Waals surface area contributed by atoms with Crippen molar-refractivity contribution in [2.45, 2.75) is 32.2 Å². The molecule has 112 valence electrons. The summed E-state index contributed by atoms with van der Waals surface area (Å²) < 4.78 is 23.5. The highest BCUT2D eigenvalue weighted by Gasteiger charge is 2.10. The summed E-state index contributed by atoms with van der Waals surface area (Å²) in [5.74, 6) is 0.127. The smallest absolute Gasteiger partial charge is 0.178 e. The van der Waals surface area contributed by atoms with E-state index in [1.54, 1.807) is 19.1 Å². The number of anilines is 1. The lowest BCUT2D eigenvalue weighted by atomic mass is 10.0. The third kappa shape index (κ3) is 3.64. The minimum absolute atomic E-state index is 0.127. The van der Waals surface area contributed by atoms with Crippen LogP contribution in [-0.4, -0.2) is 14.2 Å². The van der Waals surface area contributed by atoms with Gasteiger partial charge in [-0.1, -0.05) is 25.1 Å². The van der Waals surface area contributed by atoms with Crippen LogP contribution in [0.3, 0.4) is 0 Å². The molecule has 1 N–H and O–H groups in total. The van der Waals surface area contributed by atoms with E-state index in [4.69, 9.17) is 0 Å². The molecule has 0 aliphatic rings. The zero-order valence-electron chi connectivity index (χ0n) is 12.7. The second-order valence-electron chi connectivity index (χ2n) is 5.15. The van der Waals surface area contributed by atoms with E-state index in [-0.39, 0.29) is 5.75 Å². The van der Waals surface area contributed by atoms with Crippen LogP contribution in [0.15, 0.2) is 47.4 Å². The van der Waals surface area contributed by atoms with Crippen molar-refractivity contribution in [1.82, 2.24) is 0 Å². The van der Waals surface area contributed by atoms with Crippen molar-refractivity contribution in [2.75, 3.05) is 11.1 Å². The Morgan fingerprint density at radius 3 is 2.05 bits per heavy atom. The van der Waals surface area contributed by atoms with Crippen LogP contribution in [0, 0.1) is 13.8 Å². The fourth-order valence-electron chi connectivity index (χ4n) is 2.27. The fraction of sp³-hybridized carbons (Fsp3) is 0.294. The van der Waals surface area contributed by atoms with Gasteiger partial charge in [-0.05, 0) is 54.8 Å². The molecule has 4 heteroatoms. The number of benzene rings is 2. The van der Waals surface area contributed by atoms with Crippen molar-refractivity contribution in [2.24, 2.45) is 0 Å². The maximum atomic E-state index is 11.8. The summed E-state index contributed by atoms with van der Waals surface area (Å²) in [5, 5.41) is 3.34. The van der Waals surface area contributed by atoms with Gasteiger partial charge in [0.2, 0.25) is 0 Å². The fourth-order valence-corrected chi connectivity index (χ4v) is 3.15. The number of hydrogen-bond donors (Lipinski definition) is 1. The summed E-state index contributed by atoms with van der Waals surface area (Å²) in [6.07, 6.45) is 0. The lowest BCUT2D eigenvalue weighted by Crippen LogP contribution is -2.05. The molecule has 0 amide bonds. The summed E-state index contributed by atoms with van der Waals surface area (Å²) in [4.78, 5) is 0.377. The lowest BCUT2D eigenvalue weighted by Gasteiger charge is -2.12. The molecule has 0 spiro atoms. The van der Waals surface area contributed by atoms with Gasteiger partial charge in [0, 0.05) is 12.2 Å². The summed E-state index contributed by atoms with van der Waals surface area (Å²) in [7, 11) is -3.12. The molecule has 3 nitrogen and oxygen atoms in total. The molecule has 0 saturated carbocycles. The van der Waals surface area contributed by atoms with E-state index in [0.717, 1.165) is 12.2 Å². The second kappa shape index (κ2) is 6.31. The Labute approximate surface area is 126 Å². The van der Waals surface area contributed by atoms with E-state index in [9.17, 15) is 8.42 Å². The van der Waals surface area contributed by atoms with Gasteiger partial charge in [0.05, 0.1) is 10.6 Å². The maximum Gasteiger partial charge on any atom is 0.178 e. The second-order valence-corrected chi connectivity index (χ2v) is 7.43. The highest BCUT2D eigenvalue weighted by Crippen LogP contribution is 2.18. The molecule has 21 heavy (non-hydrogen) atoms. The minimum atomic E-state index is -3.12. The molecule has 0 heterocycles. The van der Waals surface area contributed by atoms with Crippen LogP contribution in [0.1, 0.15) is 23.6 Å². The van der Waals surface area contributed by atoms with Gasteiger partial charge in [0.15, 0.2) is 9.84 Å². The van der Waals surface area contributed by atoms with E-state index in [2.05, 4.69) is 37.4 Å². The van der Waals surface area contributed by atoms with Gasteiger partial charge < -0.3 is 5.32 Å². The molecule has 0 aliphatic heterocycles. The largest absolute Gasteiger partial charge is 0.381 e. The molecule has 2 aromatic carbocycles. The summed E-state index contributed by atoms with van der Waals surface area (Å²) >= 11 is 0. The van der Waals surface area contributed by atoms with E-state index in [1.165, 1.54) is 16.7 Å². The van der Waals surface area contributed by atoms with Crippen LogP contribution in [0.2, 0.25) is 0 Å². The van der Waals surface area contributed by atoms with E-state index >= 15 is 0 Å². The summed E-state index contributed by atoms with van der Waals surface area (Å²) in [6.45, 7) is 6.59. The van der Waals surface area contributed by atoms with Crippen LogP contribution < -0.4 is 5.32 Å². The molecule has 0 saturated heterocycles. The van der Waals surface area contributed by atoms with E-state index < -0.39 is 9.84 Å². The van der Waals surface area contributed by atoms with Gasteiger partial charge in [-0.15, -0.1) is 0 Å². The van der Waals surface area contributed by atoms with Crippen molar-refractivity contribution in [3.63, 3.8) is 0 Å². The first-order valence-electron chi connectivity index (χ1n) is 7.06. The van der Waals surface area contributed by atoms with Crippen LogP contribution in [-0.2, 0) is 16.4 Å². The van der Waals surface area contributed by atoms with Crippen molar-refractivity contribution in [1.29, 1.82) is 0 Å². The molecule has 0 radical (unpaired) electrons. The lowest BCUT2D eigenvalue weighted by molar-refractivity contribution is 0.597. The van der Waals surface area contributed by atoms with Crippen LogP contribution >= 0.6 is 0 Å². The molecule has 0 aliphatic carbocycles. The highest BCUT2D eigenvalue weighted by atomic mass is 32.2. The minimum Gasteiger partial charge on any atom is -0.381 e. The Hall–Kier alpha value is -1.81. The predicted molar refractivity (Wildman–Crippen MR) is 87.4 cm³/mol. The van der Waals surface area contributed by atoms with Crippen molar-refractivity contribution < 1.29 is 8.42 Å². The number of rotatable bonds is 5. The van der Waals surface area contributed by atoms with Crippen molar-refractivity contribution in [3.8, 4) is 0 Å². The molecule has 0 unspecified atom stereocenters. The normalized spacial score (nSPS) is 11.4. The third-order valence-corrected chi connectivity index (χ3v) is 5.46. The molecule has 2 rings (SSSR count). The summed E-state index contributed by atoms with van der Waals surface area (Å²) in [6, 6.07) is 13.2. The maximum absolute atomic E-state index is 11.8. The van der Waals surface area contributed by atoms with Gasteiger partial charge >= 0.3 is 0 Å². The first kappa shape index (κ1) is 15.6. The Kier molecular flexibility index (Phi) is 4.68. The monoisotopic (exact) mass is 303 g/mol. The number of aryl methyl sites for hydroxylation is 2. The Bertz CT molecular complexity index is 699. The van der Waals surface area contributed by atoms with Gasteiger partial charge in [0.1, 0.15) is 0 Å². The van der Waals surface area contributed by atoms with Gasteiger partial charge in [-0.2, -0.15) is 0 Å². The van der Waals surface area contributed by atoms with Crippen LogP contribution in [0.5, 0.6) is 0 Å². The van der Waals surface area contributed by atoms with Crippen LogP contribution in [0.4, 0.5) is 5.69 Å². The van der Waals surface area contributed by atoms with Gasteiger partial charge in [0.25, 0.3) is 0 Å². The Morgan fingerprint density at radius 2 is 1.52 bits per heavy atom. The molecule has 0 bridgehead atoms. The number of nitrogens with one attached hydrogen (secondary N) is 1. The Balaban J connectivity index is 2.12. The molecule has 0 fully saturated rings. The zero-order chi connectivity index (χ0) is 15.5. The topological polar surface area (TPSA) is 46.2 Å². The number of sulfone groups is 1. The predicted octanol–water partition coefficient (Wildman–Crippen LogP) is 3.71. The van der Waals surface area contributed by atoms with E-state index in [1.807, 2.05) is 12.1 Å². The average molecular weight is 303 g/mol. The highest BCUT2D eigenvalue weighted by molar-refractivity contribution is 7.91. The first-order valence-corrected chi connectivity index (χ1v) is 8.71. The molecule has 0 atom stereocenters. The SMILES string of the molecule is CCS(=O)(=O)c1ccc(NCc2c(C)cccc2C)cc1. The van der Waals surface area contributed by atoms with Crippen LogP contribution in [0.25, 0.3) is 0 Å².